The number of anilines is 1. The van der Waals surface area contributed by atoms with Crippen molar-refractivity contribution in [3.63, 3.8) is 0 Å². The summed E-state index contributed by atoms with van der Waals surface area (Å²) in [5, 5.41) is 7.29. The van der Waals surface area contributed by atoms with Gasteiger partial charge in [0.2, 0.25) is 0 Å². The van der Waals surface area contributed by atoms with Crippen molar-refractivity contribution in [1.82, 2.24) is 10.6 Å². The molecule has 15 nitrogen and oxygen atoms in total. The molecule has 38 heavy (non-hydrogen) atoms. The number of carbonyl (C=O) groups is 3. The van der Waals surface area contributed by atoms with E-state index in [0.717, 1.165) is 12.1 Å². The summed E-state index contributed by atoms with van der Waals surface area (Å²) in [4.78, 5) is 38.8. The van der Waals surface area contributed by atoms with Crippen molar-refractivity contribution in [3.05, 3.63) is 69.1 Å². The van der Waals surface area contributed by atoms with E-state index in [2.05, 4.69) is 15.3 Å². The zero-order chi connectivity index (χ0) is 28.0. The van der Waals surface area contributed by atoms with Crippen LogP contribution in [0, 0.1) is 0 Å². The molecule has 3 aromatic carbocycles. The highest BCUT2D eigenvalue weighted by Gasteiger charge is 2.35. The average molecular weight is 561 g/mol. The van der Waals surface area contributed by atoms with Gasteiger partial charge in [-0.3, -0.25) is 28.8 Å². The minimum Gasteiger partial charge on any atom is -0.397 e. The molecule has 0 bridgehead atoms. The van der Waals surface area contributed by atoms with Crippen LogP contribution in [-0.2, 0) is 26.7 Å². The van der Waals surface area contributed by atoms with Crippen molar-refractivity contribution < 1.29 is 40.3 Å². The van der Waals surface area contributed by atoms with Crippen molar-refractivity contribution in [1.29, 1.82) is 0 Å². The first-order chi connectivity index (χ1) is 17.7. The molecule has 1 aliphatic rings. The maximum Gasteiger partial charge on any atom is 0.296 e. The van der Waals surface area contributed by atoms with Gasteiger partial charge in [-0.05, 0) is 41.8 Å². The number of azide groups is 1. The maximum absolute atomic E-state index is 12.8. The maximum atomic E-state index is 12.8. The Labute approximate surface area is 213 Å². The van der Waals surface area contributed by atoms with Crippen LogP contribution in [0.25, 0.3) is 21.2 Å². The molecular weight excluding hydrogens is 544 g/mol. The van der Waals surface area contributed by atoms with E-state index in [4.69, 9.17) is 11.3 Å². The van der Waals surface area contributed by atoms with E-state index in [1.807, 2.05) is 5.32 Å². The lowest BCUT2D eigenvalue weighted by Crippen LogP contribution is -2.37. The van der Waals surface area contributed by atoms with Crippen LogP contribution in [0.3, 0.4) is 0 Å². The fraction of sp³-hybridized carbons (Fsp3) is 0.0952. The molecule has 0 saturated heterocycles. The number of rotatable bonds is 7. The van der Waals surface area contributed by atoms with Gasteiger partial charge in [-0.1, -0.05) is 17.2 Å². The fourth-order valence-corrected chi connectivity index (χ4v) is 5.56. The minimum absolute atomic E-state index is 0.166. The molecule has 17 heteroatoms. The normalized spacial score (nSPS) is 13.1. The molecule has 3 amide bonds. The number of nitrogen functional groups attached to an aromatic ring is 1. The van der Waals surface area contributed by atoms with E-state index in [0.29, 0.717) is 0 Å². The molecule has 0 radical (unpaired) electrons. The summed E-state index contributed by atoms with van der Waals surface area (Å²) in [6, 6.07) is 7.10. The summed E-state index contributed by atoms with van der Waals surface area (Å²) in [5.41, 5.74) is 13.1. The Balaban J connectivity index is 1.84. The molecule has 0 aliphatic carbocycles. The van der Waals surface area contributed by atoms with Gasteiger partial charge in [-0.15, -0.1) is 0 Å². The highest BCUT2D eigenvalue weighted by Crippen LogP contribution is 2.40. The molecule has 6 N–H and O–H groups in total. The zero-order valence-corrected chi connectivity index (χ0v) is 20.5. The fourth-order valence-electron chi connectivity index (χ4n) is 4.13. The molecule has 4 rings (SSSR count). The number of carbonyl (C=O) groups excluding carboxylic acids is 3. The molecule has 3 aromatic rings. The zero-order valence-electron chi connectivity index (χ0n) is 18.9. The Morgan fingerprint density at radius 1 is 1.05 bits per heavy atom. The van der Waals surface area contributed by atoms with E-state index < -0.39 is 53.4 Å². The molecule has 0 unspecified atom stereocenters. The van der Waals surface area contributed by atoms with Crippen molar-refractivity contribution >= 4 is 60.1 Å². The van der Waals surface area contributed by atoms with Gasteiger partial charge in [0.05, 0.1) is 16.1 Å². The van der Waals surface area contributed by atoms with E-state index in [1.165, 1.54) is 24.3 Å². The Kier molecular flexibility index (Phi) is 6.56. The Morgan fingerprint density at radius 2 is 1.71 bits per heavy atom. The minimum atomic E-state index is -5.13. The summed E-state index contributed by atoms with van der Waals surface area (Å²) in [6.45, 7) is -0.267. The number of hydrogen-bond donors (Lipinski definition) is 5. The van der Waals surface area contributed by atoms with Gasteiger partial charge < -0.3 is 11.1 Å². The second-order valence-electron chi connectivity index (χ2n) is 7.97. The lowest BCUT2D eigenvalue weighted by molar-refractivity contribution is 0.0843. The summed E-state index contributed by atoms with van der Waals surface area (Å²) in [5.74, 6) is -2.68. The first-order valence-electron chi connectivity index (χ1n) is 10.4. The standard InChI is InChI=1S/C21H16N6O9S2/c22-17-13-7-11(37(31,32)33)8-14-15(13)16(21(30)25-20(14)29)12(18(17)38(34,35)36)5-6-24-19(28)9-1-3-10(4-2-9)26-27-23/h1-4,7-8H,5-6,22H2,(H,24,28)(H,25,29,30)(H,31,32,33)(H,34,35,36). The smallest absolute Gasteiger partial charge is 0.296 e. The Bertz CT molecular complexity index is 1830. The lowest BCUT2D eigenvalue weighted by atomic mass is 9.89. The van der Waals surface area contributed by atoms with Crippen LogP contribution in [0.2, 0.25) is 0 Å². The van der Waals surface area contributed by atoms with Crippen LogP contribution >= 0.6 is 0 Å². The third-order valence-corrected chi connectivity index (χ3v) is 7.49. The van der Waals surface area contributed by atoms with Gasteiger partial charge in [-0.2, -0.15) is 16.8 Å². The van der Waals surface area contributed by atoms with Crippen LogP contribution in [0.5, 0.6) is 0 Å². The van der Waals surface area contributed by atoms with Gasteiger partial charge in [0, 0.05) is 39.0 Å². The van der Waals surface area contributed by atoms with Crippen molar-refractivity contribution in [3.8, 4) is 0 Å². The van der Waals surface area contributed by atoms with E-state index in [9.17, 15) is 40.3 Å². The monoisotopic (exact) mass is 560 g/mol. The van der Waals surface area contributed by atoms with Gasteiger partial charge in [0.15, 0.2) is 0 Å². The molecule has 1 heterocycles. The average Bonchev–Trinajstić information content (AvgIpc) is 2.82. The van der Waals surface area contributed by atoms with Gasteiger partial charge in [-0.25, -0.2) is 0 Å². The van der Waals surface area contributed by atoms with Crippen molar-refractivity contribution in [2.24, 2.45) is 5.11 Å². The predicted octanol–water partition coefficient (Wildman–Crippen LogP) is 1.71. The largest absolute Gasteiger partial charge is 0.397 e. The van der Waals surface area contributed by atoms with E-state index in [1.54, 1.807) is 0 Å². The molecule has 0 atom stereocenters. The highest BCUT2D eigenvalue weighted by molar-refractivity contribution is 7.86. The third kappa shape index (κ3) is 4.74. The number of imide groups is 1. The third-order valence-electron chi connectivity index (χ3n) is 5.68. The Morgan fingerprint density at radius 3 is 2.29 bits per heavy atom. The van der Waals surface area contributed by atoms with Crippen LogP contribution in [0.1, 0.15) is 36.6 Å². The number of nitrogens with zero attached hydrogens (tertiary/aromatic N) is 3. The first kappa shape index (κ1) is 26.5. The number of benzene rings is 3. The summed E-state index contributed by atoms with van der Waals surface area (Å²) in [6.07, 6.45) is -0.367. The lowest BCUT2D eigenvalue weighted by Gasteiger charge is -2.24. The van der Waals surface area contributed by atoms with Crippen molar-refractivity contribution in [2.45, 2.75) is 16.2 Å². The summed E-state index contributed by atoms with van der Waals surface area (Å²) in [7, 11) is -10.0. The summed E-state index contributed by atoms with van der Waals surface area (Å²) >= 11 is 0. The highest BCUT2D eigenvalue weighted by atomic mass is 32.2. The second kappa shape index (κ2) is 9.40. The molecule has 1 aliphatic heterocycles. The number of hydrogen-bond acceptors (Lipinski definition) is 9. The van der Waals surface area contributed by atoms with Crippen LogP contribution < -0.4 is 16.4 Å². The van der Waals surface area contributed by atoms with Crippen LogP contribution in [0.15, 0.2) is 51.3 Å². The number of nitrogens with one attached hydrogen (secondary N) is 2. The molecule has 0 fully saturated rings. The summed E-state index contributed by atoms with van der Waals surface area (Å²) < 4.78 is 67.6. The topological polar surface area (TPSA) is 259 Å². The Hall–Kier alpha value is -4.54. The molecule has 0 spiro atoms. The number of amides is 3. The number of nitrogens with two attached hydrogens (primary N) is 1. The van der Waals surface area contributed by atoms with Crippen LogP contribution in [0.4, 0.5) is 11.4 Å². The van der Waals surface area contributed by atoms with Gasteiger partial charge in [0.25, 0.3) is 38.0 Å². The second-order valence-corrected chi connectivity index (χ2v) is 10.7. The van der Waals surface area contributed by atoms with E-state index >= 15 is 0 Å². The van der Waals surface area contributed by atoms with Gasteiger partial charge >= 0.3 is 0 Å². The molecule has 0 aromatic heterocycles. The van der Waals surface area contributed by atoms with E-state index in [-0.39, 0.29) is 51.7 Å². The van der Waals surface area contributed by atoms with Crippen LogP contribution in [-0.4, -0.2) is 50.2 Å². The quantitative estimate of drug-likeness (QED) is 0.0697. The SMILES string of the molecule is [N-]=[N+]=Nc1ccc(C(=O)NCCc2c(S(=O)(=O)O)c(N)c3cc(S(=O)(=O)O)cc4c3c2C(=O)NC4=O)cc1. The molecule has 0 saturated carbocycles. The van der Waals surface area contributed by atoms with Gasteiger partial charge in [0.1, 0.15) is 4.90 Å². The molecule has 196 valence electrons. The molecular formula is C21H16N6O9S2. The predicted molar refractivity (Wildman–Crippen MR) is 131 cm³/mol. The first-order valence-corrected chi connectivity index (χ1v) is 13.3. The van der Waals surface area contributed by atoms with Crippen molar-refractivity contribution in [2.75, 3.05) is 12.3 Å².